The lowest BCUT2D eigenvalue weighted by molar-refractivity contribution is -0.145. The minimum absolute atomic E-state index is 0.00263. The third-order valence-corrected chi connectivity index (χ3v) is 5.22. The monoisotopic (exact) mass is 448 g/mol. The van der Waals surface area contributed by atoms with E-state index in [4.69, 9.17) is 13.9 Å². The average Bonchev–Trinajstić information content (AvgIpc) is 3.30. The smallest absolute Gasteiger partial charge is 0.340 e. The molecule has 2 aromatic heterocycles. The Hall–Kier alpha value is -4.07. The lowest BCUT2D eigenvalue weighted by atomic mass is 10.0. The Morgan fingerprint density at radius 2 is 1.85 bits per heavy atom. The highest BCUT2D eigenvalue weighted by Gasteiger charge is 2.20. The van der Waals surface area contributed by atoms with Crippen molar-refractivity contribution in [2.24, 2.45) is 0 Å². The van der Waals surface area contributed by atoms with Gasteiger partial charge in [-0.15, -0.1) is 0 Å². The van der Waals surface area contributed by atoms with E-state index < -0.39 is 17.8 Å². The number of benzene rings is 2. The standard InChI is InChI=1S/C25H21FN2O5/c1-15-16-7-4-6-10-19(16)28-20(24(15)25(30)31-2)14-32-23(29)12-11-22-27-13-21(33-22)17-8-3-5-9-18(17)26/h3-10,13H,11-12,14H2,1-2H3. The Morgan fingerprint density at radius 3 is 2.64 bits per heavy atom. The number of hydrogen-bond donors (Lipinski definition) is 0. The fourth-order valence-electron chi connectivity index (χ4n) is 3.56. The molecule has 4 aromatic rings. The molecule has 4 rings (SSSR count). The van der Waals surface area contributed by atoms with Crippen LogP contribution in [0.5, 0.6) is 0 Å². The molecule has 8 heteroatoms. The number of fused-ring (bicyclic) bond motifs is 1. The molecule has 0 fully saturated rings. The maximum Gasteiger partial charge on any atom is 0.340 e. The zero-order valence-corrected chi connectivity index (χ0v) is 18.1. The Bertz CT molecular complexity index is 1330. The van der Waals surface area contributed by atoms with Gasteiger partial charge in [0.25, 0.3) is 0 Å². The van der Waals surface area contributed by atoms with Crippen LogP contribution in [0.3, 0.4) is 0 Å². The van der Waals surface area contributed by atoms with E-state index in [0.29, 0.717) is 28.2 Å². The number of carbonyl (C=O) groups is 2. The molecular formula is C25H21FN2O5. The van der Waals surface area contributed by atoms with E-state index in [9.17, 15) is 14.0 Å². The minimum atomic E-state index is -0.544. The van der Waals surface area contributed by atoms with Crippen molar-refractivity contribution >= 4 is 22.8 Å². The quantitative estimate of drug-likeness (QED) is 0.375. The molecule has 0 radical (unpaired) electrons. The van der Waals surface area contributed by atoms with Gasteiger partial charge in [0, 0.05) is 11.8 Å². The second kappa shape index (κ2) is 9.60. The number of aryl methyl sites for hydroxylation is 2. The van der Waals surface area contributed by atoms with E-state index in [1.165, 1.54) is 19.4 Å². The van der Waals surface area contributed by atoms with Gasteiger partial charge in [-0.25, -0.2) is 19.2 Å². The number of oxazole rings is 1. The fourth-order valence-corrected chi connectivity index (χ4v) is 3.56. The first-order chi connectivity index (χ1) is 16.0. The Balaban J connectivity index is 1.43. The number of hydrogen-bond acceptors (Lipinski definition) is 7. The number of rotatable bonds is 7. The molecule has 7 nitrogen and oxygen atoms in total. The van der Waals surface area contributed by atoms with Crippen LogP contribution in [-0.2, 0) is 27.3 Å². The number of pyridine rings is 1. The first kappa shape index (κ1) is 22.1. The Kier molecular flexibility index (Phi) is 6.44. The van der Waals surface area contributed by atoms with E-state index in [1.807, 2.05) is 24.3 Å². The maximum absolute atomic E-state index is 13.9. The van der Waals surface area contributed by atoms with Crippen molar-refractivity contribution in [3.05, 3.63) is 83.3 Å². The second-order valence-electron chi connectivity index (χ2n) is 7.33. The Labute approximate surface area is 189 Å². The van der Waals surface area contributed by atoms with Crippen LogP contribution in [0.15, 0.2) is 59.1 Å². The highest BCUT2D eigenvalue weighted by atomic mass is 19.1. The van der Waals surface area contributed by atoms with E-state index in [-0.39, 0.29) is 30.8 Å². The SMILES string of the molecule is COC(=O)c1c(COC(=O)CCc2ncc(-c3ccccc3F)o2)nc2ccccc2c1C. The van der Waals surface area contributed by atoms with Crippen molar-refractivity contribution in [2.75, 3.05) is 7.11 Å². The summed E-state index contributed by atoms with van der Waals surface area (Å²) >= 11 is 0. The molecule has 2 heterocycles. The summed E-state index contributed by atoms with van der Waals surface area (Å²) in [7, 11) is 1.29. The van der Waals surface area contributed by atoms with Gasteiger partial charge in [0.2, 0.25) is 0 Å². The topological polar surface area (TPSA) is 91.5 Å². The van der Waals surface area contributed by atoms with Gasteiger partial charge < -0.3 is 13.9 Å². The predicted molar refractivity (Wildman–Crippen MR) is 118 cm³/mol. The van der Waals surface area contributed by atoms with E-state index >= 15 is 0 Å². The summed E-state index contributed by atoms with van der Waals surface area (Å²) in [6, 6.07) is 13.6. The number of carbonyl (C=O) groups excluding carboxylic acids is 2. The number of ether oxygens (including phenoxy) is 2. The van der Waals surface area contributed by atoms with Gasteiger partial charge in [-0.3, -0.25) is 4.79 Å². The molecule has 0 N–H and O–H groups in total. The Morgan fingerprint density at radius 1 is 1.09 bits per heavy atom. The average molecular weight is 448 g/mol. The molecule has 0 aliphatic heterocycles. The van der Waals surface area contributed by atoms with E-state index in [1.54, 1.807) is 25.1 Å². The molecule has 0 aliphatic carbocycles. The van der Waals surface area contributed by atoms with E-state index in [0.717, 1.165) is 5.39 Å². The summed E-state index contributed by atoms with van der Waals surface area (Å²) in [5, 5.41) is 0.822. The molecule has 0 aliphatic rings. The second-order valence-corrected chi connectivity index (χ2v) is 7.33. The molecule has 0 spiro atoms. The van der Waals surface area contributed by atoms with Gasteiger partial charge >= 0.3 is 11.9 Å². The van der Waals surface area contributed by atoms with Crippen LogP contribution in [-0.4, -0.2) is 29.0 Å². The van der Waals surface area contributed by atoms with Crippen molar-refractivity contribution in [3.8, 4) is 11.3 Å². The van der Waals surface area contributed by atoms with Gasteiger partial charge in [0.1, 0.15) is 12.4 Å². The fraction of sp³-hybridized carbons (Fsp3) is 0.200. The predicted octanol–water partition coefficient (Wildman–Crippen LogP) is 4.80. The number of aromatic nitrogens is 2. The normalized spacial score (nSPS) is 10.9. The maximum atomic E-state index is 13.9. The summed E-state index contributed by atoms with van der Waals surface area (Å²) < 4.78 is 29.7. The highest BCUT2D eigenvalue weighted by Crippen LogP contribution is 2.25. The third kappa shape index (κ3) is 4.74. The molecule has 0 saturated carbocycles. The van der Waals surface area contributed by atoms with Crippen molar-refractivity contribution in [2.45, 2.75) is 26.4 Å². The van der Waals surface area contributed by atoms with Crippen molar-refractivity contribution in [1.82, 2.24) is 9.97 Å². The van der Waals surface area contributed by atoms with Crippen molar-refractivity contribution < 1.29 is 27.9 Å². The van der Waals surface area contributed by atoms with Gasteiger partial charge in [-0.2, -0.15) is 0 Å². The van der Waals surface area contributed by atoms with Gasteiger partial charge in [0.05, 0.1) is 42.1 Å². The zero-order chi connectivity index (χ0) is 23.4. The van der Waals surface area contributed by atoms with Gasteiger partial charge in [-0.05, 0) is 30.7 Å². The lowest BCUT2D eigenvalue weighted by Crippen LogP contribution is -2.14. The first-order valence-electron chi connectivity index (χ1n) is 10.3. The van der Waals surface area contributed by atoms with Crippen LogP contribution in [0.2, 0.25) is 0 Å². The zero-order valence-electron chi connectivity index (χ0n) is 18.1. The molecule has 2 aromatic carbocycles. The summed E-state index contributed by atoms with van der Waals surface area (Å²) in [6.45, 7) is 1.62. The summed E-state index contributed by atoms with van der Waals surface area (Å²) in [6.07, 6.45) is 1.60. The van der Waals surface area contributed by atoms with Crippen molar-refractivity contribution in [3.63, 3.8) is 0 Å². The molecule has 168 valence electrons. The molecule has 0 bridgehead atoms. The summed E-state index contributed by atoms with van der Waals surface area (Å²) in [5.74, 6) is -0.893. The van der Waals surface area contributed by atoms with Crippen LogP contribution < -0.4 is 0 Å². The molecule has 33 heavy (non-hydrogen) atoms. The lowest BCUT2D eigenvalue weighted by Gasteiger charge is -2.13. The number of methoxy groups -OCH3 is 1. The molecular weight excluding hydrogens is 427 g/mol. The van der Waals surface area contributed by atoms with Gasteiger partial charge in [-0.1, -0.05) is 30.3 Å². The summed E-state index contributed by atoms with van der Waals surface area (Å²) in [5.41, 5.74) is 2.30. The van der Waals surface area contributed by atoms with Crippen LogP contribution in [0, 0.1) is 12.7 Å². The third-order valence-electron chi connectivity index (χ3n) is 5.22. The molecule has 0 saturated heterocycles. The first-order valence-corrected chi connectivity index (χ1v) is 10.3. The summed E-state index contributed by atoms with van der Waals surface area (Å²) in [4.78, 5) is 33.3. The molecule has 0 amide bonds. The van der Waals surface area contributed by atoms with Crippen LogP contribution >= 0.6 is 0 Å². The van der Waals surface area contributed by atoms with Gasteiger partial charge in [0.15, 0.2) is 11.7 Å². The number of esters is 2. The van der Waals surface area contributed by atoms with Crippen molar-refractivity contribution in [1.29, 1.82) is 0 Å². The number of halogens is 1. The highest BCUT2D eigenvalue weighted by molar-refractivity contribution is 5.98. The number of nitrogens with zero attached hydrogens (tertiary/aromatic N) is 2. The molecule has 0 unspecified atom stereocenters. The van der Waals surface area contributed by atoms with Crippen LogP contribution in [0.4, 0.5) is 4.39 Å². The molecule has 0 atom stereocenters. The minimum Gasteiger partial charge on any atom is -0.465 e. The van der Waals surface area contributed by atoms with E-state index in [2.05, 4.69) is 9.97 Å². The van der Waals surface area contributed by atoms with Crippen LogP contribution in [0.25, 0.3) is 22.2 Å². The van der Waals surface area contributed by atoms with Crippen LogP contribution in [0.1, 0.15) is 33.9 Å². The number of para-hydroxylation sites is 1. The largest absolute Gasteiger partial charge is 0.465 e.